The highest BCUT2D eigenvalue weighted by Crippen LogP contribution is 2.33. The topological polar surface area (TPSA) is 35.5 Å². The molecule has 142 valence electrons. The first-order chi connectivity index (χ1) is 14.2. The van der Waals surface area contributed by atoms with Crippen molar-refractivity contribution in [1.82, 2.24) is 0 Å². The molecule has 0 aliphatic carbocycles. The zero-order chi connectivity index (χ0) is 20.1. The average molecular weight is 398 g/mol. The summed E-state index contributed by atoms with van der Waals surface area (Å²) < 4.78 is 12.0. The van der Waals surface area contributed by atoms with Gasteiger partial charge in [0.2, 0.25) is 0 Å². The van der Waals surface area contributed by atoms with Crippen molar-refractivity contribution in [2.24, 2.45) is 0 Å². The molecule has 4 aromatic rings. The van der Waals surface area contributed by atoms with Crippen LogP contribution < -0.4 is 4.74 Å². The molecule has 0 spiro atoms. The summed E-state index contributed by atoms with van der Waals surface area (Å²) >= 11 is 1.64. The monoisotopic (exact) mass is 398 g/mol. The Labute approximate surface area is 173 Å². The van der Waals surface area contributed by atoms with E-state index >= 15 is 0 Å². The first-order valence-corrected chi connectivity index (χ1v) is 10.00. The molecular formula is C25H18O3S. The third-order valence-corrected chi connectivity index (χ3v) is 5.40. The Kier molecular flexibility index (Phi) is 5.60. The maximum Gasteiger partial charge on any atom is 0.338 e. The van der Waals surface area contributed by atoms with Gasteiger partial charge in [-0.1, -0.05) is 48.2 Å². The molecule has 0 atom stereocenters. The van der Waals surface area contributed by atoms with E-state index in [-0.39, 0.29) is 12.6 Å². The number of rotatable bonds is 4. The van der Waals surface area contributed by atoms with E-state index in [1.165, 1.54) is 0 Å². The van der Waals surface area contributed by atoms with E-state index in [1.807, 2.05) is 60.0 Å². The second kappa shape index (κ2) is 8.64. The normalized spacial score (nSPS) is 10.2. The molecule has 1 heterocycles. The van der Waals surface area contributed by atoms with Crippen molar-refractivity contribution in [1.29, 1.82) is 0 Å². The molecule has 4 heteroatoms. The van der Waals surface area contributed by atoms with E-state index in [1.54, 1.807) is 30.6 Å². The highest BCUT2D eigenvalue weighted by molar-refractivity contribution is 7.17. The zero-order valence-electron chi connectivity index (χ0n) is 15.8. The Morgan fingerprint density at radius 1 is 0.931 bits per heavy atom. The lowest BCUT2D eigenvalue weighted by atomic mass is 10.1. The number of benzene rings is 3. The number of thiophene rings is 1. The van der Waals surface area contributed by atoms with Crippen LogP contribution in [-0.4, -0.2) is 13.1 Å². The molecule has 0 radical (unpaired) electrons. The highest BCUT2D eigenvalue weighted by Gasteiger charge is 2.08. The lowest BCUT2D eigenvalue weighted by molar-refractivity contribution is 0.0472. The van der Waals surface area contributed by atoms with Crippen LogP contribution in [0.3, 0.4) is 0 Å². The van der Waals surface area contributed by atoms with E-state index in [0.29, 0.717) is 5.56 Å². The summed E-state index contributed by atoms with van der Waals surface area (Å²) in [5.74, 6) is 6.86. The fourth-order valence-corrected chi connectivity index (χ4v) is 3.86. The second-order valence-corrected chi connectivity index (χ2v) is 7.28. The van der Waals surface area contributed by atoms with Gasteiger partial charge in [0.05, 0.1) is 18.1 Å². The van der Waals surface area contributed by atoms with Crippen LogP contribution in [0.25, 0.3) is 10.1 Å². The van der Waals surface area contributed by atoms with Gasteiger partial charge >= 0.3 is 5.97 Å². The molecule has 3 nitrogen and oxygen atoms in total. The van der Waals surface area contributed by atoms with Crippen molar-refractivity contribution >= 4 is 27.4 Å². The fraction of sp³-hybridized carbons (Fsp3) is 0.0800. The maximum absolute atomic E-state index is 12.2. The lowest BCUT2D eigenvalue weighted by Crippen LogP contribution is -2.05. The molecule has 0 fully saturated rings. The molecule has 29 heavy (non-hydrogen) atoms. The lowest BCUT2D eigenvalue weighted by Gasteiger charge is -2.05. The zero-order valence-corrected chi connectivity index (χ0v) is 16.7. The summed E-state index contributed by atoms with van der Waals surface area (Å²) in [7, 11) is 1.67. The summed E-state index contributed by atoms with van der Waals surface area (Å²) in [4.78, 5) is 12.2. The maximum atomic E-state index is 12.2. The van der Waals surface area contributed by atoms with Gasteiger partial charge in [0.1, 0.15) is 12.4 Å². The second-order valence-electron chi connectivity index (χ2n) is 6.37. The van der Waals surface area contributed by atoms with Crippen LogP contribution in [0, 0.1) is 11.8 Å². The van der Waals surface area contributed by atoms with Gasteiger partial charge in [-0.25, -0.2) is 4.79 Å². The van der Waals surface area contributed by atoms with Gasteiger partial charge in [0, 0.05) is 21.2 Å². The first kappa shape index (κ1) is 18.8. The molecule has 0 bridgehead atoms. The quantitative estimate of drug-likeness (QED) is 0.328. The number of hydrogen-bond acceptors (Lipinski definition) is 4. The molecule has 1 aromatic heterocycles. The number of fused-ring (bicyclic) bond motifs is 1. The summed E-state index contributed by atoms with van der Waals surface area (Å²) in [6.45, 7) is 0.258. The van der Waals surface area contributed by atoms with Gasteiger partial charge in [-0.15, -0.1) is 11.3 Å². The van der Waals surface area contributed by atoms with E-state index in [2.05, 4.69) is 17.9 Å². The third kappa shape index (κ3) is 4.31. The van der Waals surface area contributed by atoms with Crippen molar-refractivity contribution < 1.29 is 14.3 Å². The van der Waals surface area contributed by atoms with Crippen LogP contribution in [0.1, 0.15) is 27.0 Å². The van der Waals surface area contributed by atoms with Crippen molar-refractivity contribution in [3.63, 3.8) is 0 Å². The van der Waals surface area contributed by atoms with Crippen molar-refractivity contribution in [2.45, 2.75) is 6.61 Å². The molecule has 0 unspecified atom stereocenters. The Bertz CT molecular complexity index is 1200. The number of ether oxygens (including phenoxy) is 2. The Morgan fingerprint density at radius 3 is 2.48 bits per heavy atom. The predicted molar refractivity (Wildman–Crippen MR) is 116 cm³/mol. The van der Waals surface area contributed by atoms with E-state index in [4.69, 9.17) is 9.47 Å². The number of esters is 1. The Hall–Kier alpha value is -3.55. The molecule has 0 aliphatic rings. The number of carbonyl (C=O) groups excluding carboxylic acids is 1. The molecular weight excluding hydrogens is 380 g/mol. The average Bonchev–Trinajstić information content (AvgIpc) is 3.20. The molecule has 0 amide bonds. The van der Waals surface area contributed by atoms with E-state index < -0.39 is 0 Å². The summed E-state index contributed by atoms with van der Waals surface area (Å²) in [5, 5.41) is 3.07. The highest BCUT2D eigenvalue weighted by atomic mass is 32.1. The van der Waals surface area contributed by atoms with Crippen molar-refractivity contribution in [3.05, 3.63) is 100 Å². The Balaban J connectivity index is 1.48. The van der Waals surface area contributed by atoms with Gasteiger partial charge in [-0.05, 0) is 42.0 Å². The van der Waals surface area contributed by atoms with Gasteiger partial charge in [0.15, 0.2) is 0 Å². The van der Waals surface area contributed by atoms with Crippen molar-refractivity contribution in [3.8, 4) is 17.6 Å². The van der Waals surface area contributed by atoms with Gasteiger partial charge in [-0.3, -0.25) is 0 Å². The van der Waals surface area contributed by atoms with Gasteiger partial charge in [0.25, 0.3) is 0 Å². The minimum Gasteiger partial charge on any atom is -0.496 e. The molecule has 3 aromatic carbocycles. The largest absolute Gasteiger partial charge is 0.496 e. The SMILES string of the molecule is COc1cccc2scc(C#Cc3ccc(C(=O)OCc4ccccc4)cc3)c12. The summed E-state index contributed by atoms with van der Waals surface area (Å²) in [6, 6.07) is 22.7. The van der Waals surface area contributed by atoms with Crippen LogP contribution >= 0.6 is 11.3 Å². The van der Waals surface area contributed by atoms with E-state index in [0.717, 1.165) is 32.5 Å². The van der Waals surface area contributed by atoms with Crippen LogP contribution in [-0.2, 0) is 11.3 Å². The molecule has 0 N–H and O–H groups in total. The molecule has 0 aliphatic heterocycles. The van der Waals surface area contributed by atoms with Crippen LogP contribution in [0.5, 0.6) is 5.75 Å². The smallest absolute Gasteiger partial charge is 0.338 e. The first-order valence-electron chi connectivity index (χ1n) is 9.12. The predicted octanol–water partition coefficient (Wildman–Crippen LogP) is 5.67. The van der Waals surface area contributed by atoms with Crippen LogP contribution in [0.15, 0.2) is 78.2 Å². The summed E-state index contributed by atoms with van der Waals surface area (Å²) in [5.41, 5.74) is 3.24. The van der Waals surface area contributed by atoms with Gasteiger partial charge in [-0.2, -0.15) is 0 Å². The van der Waals surface area contributed by atoms with Crippen LogP contribution in [0.2, 0.25) is 0 Å². The molecule has 0 saturated heterocycles. The van der Waals surface area contributed by atoms with Gasteiger partial charge < -0.3 is 9.47 Å². The number of carbonyl (C=O) groups is 1. The summed E-state index contributed by atoms with van der Waals surface area (Å²) in [6.07, 6.45) is 0. The standard InChI is InChI=1S/C25H18O3S/c1-27-22-8-5-9-23-24(22)21(17-29-23)15-12-18-10-13-20(14-11-18)25(26)28-16-19-6-3-2-4-7-19/h2-11,13-14,17H,16H2,1H3. The van der Waals surface area contributed by atoms with Crippen LogP contribution in [0.4, 0.5) is 0 Å². The van der Waals surface area contributed by atoms with Crippen molar-refractivity contribution in [2.75, 3.05) is 7.11 Å². The Morgan fingerprint density at radius 2 is 1.72 bits per heavy atom. The third-order valence-electron chi connectivity index (χ3n) is 4.46. The number of hydrogen-bond donors (Lipinski definition) is 0. The minimum absolute atomic E-state index is 0.258. The molecule has 4 rings (SSSR count). The number of methoxy groups -OCH3 is 1. The minimum atomic E-state index is -0.345. The fourth-order valence-electron chi connectivity index (χ4n) is 2.95. The van der Waals surface area contributed by atoms with E-state index in [9.17, 15) is 4.79 Å². The molecule has 0 saturated carbocycles.